The number of anilines is 1. The molecular weight excluding hydrogens is 560 g/mol. The van der Waals surface area contributed by atoms with Gasteiger partial charge in [0.05, 0.1) is 35.2 Å². The third-order valence-electron chi connectivity index (χ3n) is 4.24. The Morgan fingerprint density at radius 3 is 1.64 bits per heavy atom. The fraction of sp³-hybridized carbons (Fsp3) is 0.333. The van der Waals surface area contributed by atoms with Crippen molar-refractivity contribution in [3.05, 3.63) is 48.5 Å². The van der Waals surface area contributed by atoms with Gasteiger partial charge in [0.25, 0.3) is 0 Å². The Morgan fingerprint density at radius 2 is 1.19 bits per heavy atom. The normalized spacial score (nSPS) is 12.1. The molecule has 0 aliphatic rings. The van der Waals surface area contributed by atoms with Crippen LogP contribution in [0.2, 0.25) is 0 Å². The number of hydrogen-bond acceptors (Lipinski definition) is 13. The van der Waals surface area contributed by atoms with Gasteiger partial charge in [-0.15, -0.1) is 0 Å². The Kier molecular flexibility index (Phi) is 15.6. The smallest absolute Gasteiger partial charge is 0.726 e. The summed E-state index contributed by atoms with van der Waals surface area (Å²) in [7, 11) is -13.6. The molecular formula is C18H21N3Na2O10S3. The first-order chi connectivity index (χ1) is 15.8. The second-order valence-electron chi connectivity index (χ2n) is 6.57. The number of benzene rings is 2. The molecule has 0 heterocycles. The molecule has 2 aromatic carbocycles. The van der Waals surface area contributed by atoms with Crippen LogP contribution in [0.25, 0.3) is 0 Å². The van der Waals surface area contributed by atoms with E-state index in [1.807, 2.05) is 6.92 Å². The summed E-state index contributed by atoms with van der Waals surface area (Å²) >= 11 is 0. The summed E-state index contributed by atoms with van der Waals surface area (Å²) in [4.78, 5) is 1.69. The minimum atomic E-state index is -4.97. The second kappa shape index (κ2) is 15.8. The molecule has 0 N–H and O–H groups in total. The molecule has 0 fully saturated rings. The third kappa shape index (κ3) is 13.4. The number of rotatable bonds is 13. The van der Waals surface area contributed by atoms with Crippen LogP contribution in [0.5, 0.6) is 0 Å². The van der Waals surface area contributed by atoms with Crippen LogP contribution < -0.4 is 64.0 Å². The molecule has 0 saturated heterocycles. The van der Waals surface area contributed by atoms with Crippen molar-refractivity contribution in [2.24, 2.45) is 10.2 Å². The number of hydrogen-bond donors (Lipinski definition) is 0. The van der Waals surface area contributed by atoms with Gasteiger partial charge in [0, 0.05) is 18.8 Å². The standard InChI is InChI=1S/C18H23N3O10S3.2Na/c1-2-21(11-12-30-33(24,25)26)17-7-3-15(4-8-17)19-20-16-5-9-18(10-6-16)32(22,23)14-13-31-34(27,28)29;;/h3-10H,2,11-14H2,1H3,(H,24,25,26)(H,27,28,29);;/q;2*+1/p-2. The predicted octanol–water partition coefficient (Wildman–Crippen LogP) is -4.34. The van der Waals surface area contributed by atoms with Crippen molar-refractivity contribution in [2.75, 3.05) is 37.0 Å². The summed E-state index contributed by atoms with van der Waals surface area (Å²) in [5, 5.41) is 8.07. The van der Waals surface area contributed by atoms with E-state index < -0.39 is 43.0 Å². The zero-order chi connectivity index (χ0) is 25.4. The second-order valence-corrected chi connectivity index (χ2v) is 10.8. The van der Waals surface area contributed by atoms with Crippen LogP contribution in [0, 0.1) is 0 Å². The Hall–Kier alpha value is -0.470. The van der Waals surface area contributed by atoms with E-state index in [1.165, 1.54) is 24.3 Å². The molecule has 0 bridgehead atoms. The van der Waals surface area contributed by atoms with Gasteiger partial charge in [-0.2, -0.15) is 10.2 Å². The van der Waals surface area contributed by atoms with E-state index in [4.69, 9.17) is 0 Å². The molecule has 2 aromatic rings. The molecule has 2 rings (SSSR count). The van der Waals surface area contributed by atoms with Crippen LogP contribution in [0.3, 0.4) is 0 Å². The van der Waals surface area contributed by atoms with Crippen LogP contribution in [-0.4, -0.2) is 66.4 Å². The van der Waals surface area contributed by atoms with Gasteiger partial charge >= 0.3 is 59.1 Å². The molecule has 0 amide bonds. The molecule has 13 nitrogen and oxygen atoms in total. The maximum atomic E-state index is 12.1. The molecule has 0 saturated carbocycles. The van der Waals surface area contributed by atoms with Gasteiger partial charge in [-0.25, -0.2) is 25.3 Å². The molecule has 0 aromatic heterocycles. The van der Waals surface area contributed by atoms with Crippen molar-refractivity contribution in [3.8, 4) is 0 Å². The third-order valence-corrected chi connectivity index (χ3v) is 6.85. The van der Waals surface area contributed by atoms with E-state index in [0.717, 1.165) is 5.69 Å². The monoisotopic (exact) mass is 581 g/mol. The SMILES string of the molecule is CCN(CCOS(=O)(=O)[O-])c1ccc(N=Nc2ccc(S(=O)(=O)CCOS(=O)(=O)[O-])cc2)cc1.[Na+].[Na+]. The Balaban J connectivity index is 0.00000612. The number of likely N-dealkylation sites (N-methyl/N-ethyl adjacent to an activating group) is 1. The summed E-state index contributed by atoms with van der Waals surface area (Å²) in [6.45, 7) is 1.51. The molecule has 0 aliphatic carbocycles. The Bertz CT molecular complexity index is 1300. The molecule has 18 heteroatoms. The zero-order valence-corrected chi connectivity index (χ0v) is 26.3. The Morgan fingerprint density at radius 1 is 0.750 bits per heavy atom. The van der Waals surface area contributed by atoms with Gasteiger partial charge in [-0.05, 0) is 55.5 Å². The van der Waals surface area contributed by atoms with Crippen LogP contribution in [0.15, 0.2) is 63.7 Å². The van der Waals surface area contributed by atoms with E-state index in [0.29, 0.717) is 17.9 Å². The van der Waals surface area contributed by atoms with E-state index in [-0.39, 0.29) is 77.2 Å². The first-order valence-corrected chi connectivity index (χ1v) is 13.9. The van der Waals surface area contributed by atoms with Gasteiger partial charge in [0.15, 0.2) is 9.84 Å². The summed E-state index contributed by atoms with van der Waals surface area (Å²) < 4.78 is 95.2. The van der Waals surface area contributed by atoms with Crippen molar-refractivity contribution in [2.45, 2.75) is 11.8 Å². The average Bonchev–Trinajstić information content (AvgIpc) is 2.74. The first-order valence-electron chi connectivity index (χ1n) is 9.59. The maximum Gasteiger partial charge on any atom is 1.00 e. The van der Waals surface area contributed by atoms with Crippen LogP contribution in [-0.2, 0) is 39.0 Å². The minimum Gasteiger partial charge on any atom is -0.726 e. The van der Waals surface area contributed by atoms with E-state index in [1.54, 1.807) is 29.2 Å². The summed E-state index contributed by atoms with van der Waals surface area (Å²) in [5.74, 6) is -0.685. The van der Waals surface area contributed by atoms with Crippen LogP contribution >= 0.6 is 0 Å². The van der Waals surface area contributed by atoms with Gasteiger partial charge < -0.3 is 14.0 Å². The molecule has 0 atom stereocenters. The topological polar surface area (TPSA) is 195 Å². The molecule has 0 aliphatic heterocycles. The van der Waals surface area contributed by atoms with Gasteiger partial charge in [0.2, 0.25) is 20.8 Å². The number of nitrogens with zero attached hydrogens (tertiary/aromatic N) is 3. The first kappa shape index (κ1) is 35.5. The number of azo groups is 1. The molecule has 188 valence electrons. The zero-order valence-electron chi connectivity index (χ0n) is 19.8. The largest absolute Gasteiger partial charge is 1.00 e. The van der Waals surface area contributed by atoms with Gasteiger partial charge in [-0.1, -0.05) is 0 Å². The van der Waals surface area contributed by atoms with Crippen molar-refractivity contribution in [1.29, 1.82) is 0 Å². The summed E-state index contributed by atoms with van der Waals surface area (Å²) in [5.41, 5.74) is 1.59. The van der Waals surface area contributed by atoms with E-state index in [9.17, 15) is 34.4 Å². The minimum absolute atomic E-state index is 0. The summed E-state index contributed by atoms with van der Waals surface area (Å²) in [6.07, 6.45) is 0. The van der Waals surface area contributed by atoms with Gasteiger partial charge in [0.1, 0.15) is 0 Å². The van der Waals surface area contributed by atoms with Crippen molar-refractivity contribution < 1.29 is 102 Å². The van der Waals surface area contributed by atoms with E-state index >= 15 is 0 Å². The molecule has 36 heavy (non-hydrogen) atoms. The van der Waals surface area contributed by atoms with Crippen molar-refractivity contribution in [3.63, 3.8) is 0 Å². The van der Waals surface area contributed by atoms with Crippen LogP contribution in [0.4, 0.5) is 17.1 Å². The average molecular weight is 582 g/mol. The Labute approximate surface area is 254 Å². The molecule has 0 radical (unpaired) electrons. The van der Waals surface area contributed by atoms with Crippen molar-refractivity contribution in [1.82, 2.24) is 0 Å². The van der Waals surface area contributed by atoms with Crippen molar-refractivity contribution >= 4 is 47.7 Å². The summed E-state index contributed by atoms with van der Waals surface area (Å²) in [6, 6.07) is 12.1. The fourth-order valence-corrected chi connectivity index (χ4v) is 4.41. The number of sulfone groups is 1. The van der Waals surface area contributed by atoms with E-state index in [2.05, 4.69) is 18.6 Å². The molecule has 0 spiro atoms. The van der Waals surface area contributed by atoms with Gasteiger partial charge in [-0.3, -0.25) is 8.37 Å². The quantitative estimate of drug-likeness (QED) is 0.0960. The predicted molar refractivity (Wildman–Crippen MR) is 118 cm³/mol. The fourth-order valence-electron chi connectivity index (χ4n) is 2.65. The molecule has 0 unspecified atom stereocenters. The maximum absolute atomic E-state index is 12.1. The van der Waals surface area contributed by atoms with Crippen LogP contribution in [0.1, 0.15) is 6.92 Å².